The van der Waals surface area contributed by atoms with Gasteiger partial charge in [-0.25, -0.2) is 0 Å². The second-order valence-corrected chi connectivity index (χ2v) is 3.37. The van der Waals surface area contributed by atoms with E-state index in [1.165, 1.54) is 11.1 Å². The second-order valence-electron chi connectivity index (χ2n) is 3.37. The predicted octanol–water partition coefficient (Wildman–Crippen LogP) is 3.65. The molecular weight excluding hydrogens is 220 g/mol. The van der Waals surface area contributed by atoms with E-state index in [1.807, 2.05) is 12.1 Å². The maximum Gasteiger partial charge on any atom is 0 e. The molecule has 0 fully saturated rings. The Kier molecular flexibility index (Phi) is 4.62. The average molecular weight is 233 g/mol. The summed E-state index contributed by atoms with van der Waals surface area (Å²) in [6.07, 6.45) is 0. The van der Waals surface area contributed by atoms with Crippen LogP contribution in [0.5, 0.6) is 0 Å². The van der Waals surface area contributed by atoms with E-state index in [0.29, 0.717) is 0 Å². The molecule has 0 heterocycles. The molecular formula is C14H13Cr-. The van der Waals surface area contributed by atoms with Crippen LogP contribution < -0.4 is 0 Å². The van der Waals surface area contributed by atoms with Gasteiger partial charge in [0, 0.05) is 17.4 Å². The third-order valence-electron chi connectivity index (χ3n) is 2.40. The number of rotatable bonds is 2. The van der Waals surface area contributed by atoms with Crippen LogP contribution in [-0.4, -0.2) is 0 Å². The Morgan fingerprint density at radius 3 is 1.33 bits per heavy atom. The van der Waals surface area contributed by atoms with E-state index in [4.69, 9.17) is 0 Å². The molecule has 0 saturated carbocycles. The number of benzene rings is 2. The second kappa shape index (κ2) is 5.76. The van der Waals surface area contributed by atoms with Crippen LogP contribution in [0.4, 0.5) is 0 Å². The summed E-state index contributed by atoms with van der Waals surface area (Å²) in [5, 5.41) is 0. The van der Waals surface area contributed by atoms with Gasteiger partial charge in [-0.05, 0) is 0 Å². The summed E-state index contributed by atoms with van der Waals surface area (Å²) >= 11 is 0. The summed E-state index contributed by atoms with van der Waals surface area (Å²) in [4.78, 5) is 0. The van der Waals surface area contributed by atoms with Gasteiger partial charge >= 0.3 is 0 Å². The van der Waals surface area contributed by atoms with Crippen molar-refractivity contribution in [1.82, 2.24) is 0 Å². The molecule has 0 spiro atoms. The van der Waals surface area contributed by atoms with Crippen molar-refractivity contribution in [2.75, 3.05) is 0 Å². The van der Waals surface area contributed by atoms with Crippen molar-refractivity contribution in [2.24, 2.45) is 0 Å². The fraction of sp³-hybridized carbons (Fsp3) is 0.0714. The van der Waals surface area contributed by atoms with Crippen LogP contribution >= 0.6 is 0 Å². The molecule has 0 saturated heterocycles. The van der Waals surface area contributed by atoms with E-state index < -0.39 is 0 Å². The average Bonchev–Trinajstić information content (AvgIpc) is 2.30. The third kappa shape index (κ3) is 2.96. The predicted molar refractivity (Wildman–Crippen MR) is 60.1 cm³/mol. The maximum atomic E-state index is 4.18. The van der Waals surface area contributed by atoms with Gasteiger partial charge in [-0.15, -0.1) is 5.92 Å². The van der Waals surface area contributed by atoms with E-state index >= 15 is 0 Å². The van der Waals surface area contributed by atoms with E-state index in [-0.39, 0.29) is 23.3 Å². The Morgan fingerprint density at radius 1 is 0.667 bits per heavy atom. The van der Waals surface area contributed by atoms with Gasteiger partial charge < -0.3 is 6.92 Å². The van der Waals surface area contributed by atoms with Crippen LogP contribution in [0, 0.1) is 6.92 Å². The Morgan fingerprint density at radius 2 is 1.00 bits per heavy atom. The summed E-state index contributed by atoms with van der Waals surface area (Å²) in [5.41, 5.74) is 2.53. The topological polar surface area (TPSA) is 0 Å². The molecule has 2 aromatic rings. The molecule has 76 valence electrons. The number of hydrogen-bond donors (Lipinski definition) is 0. The van der Waals surface area contributed by atoms with Crippen molar-refractivity contribution in [3.05, 3.63) is 78.7 Å². The molecule has 0 unspecified atom stereocenters. The van der Waals surface area contributed by atoms with Gasteiger partial charge in [0.1, 0.15) is 0 Å². The molecule has 0 amide bonds. The Balaban J connectivity index is 0.00000112. The van der Waals surface area contributed by atoms with Crippen LogP contribution in [-0.2, 0) is 17.4 Å². The maximum absolute atomic E-state index is 4.18. The van der Waals surface area contributed by atoms with E-state index in [0.717, 1.165) is 0 Å². The first-order chi connectivity index (χ1) is 6.88. The molecule has 1 heteroatoms. The van der Waals surface area contributed by atoms with Crippen molar-refractivity contribution in [1.29, 1.82) is 0 Å². The van der Waals surface area contributed by atoms with Crippen molar-refractivity contribution in [2.45, 2.75) is 5.92 Å². The molecule has 2 rings (SSSR count). The molecule has 0 aliphatic carbocycles. The van der Waals surface area contributed by atoms with Crippen molar-refractivity contribution in [3.63, 3.8) is 0 Å². The van der Waals surface area contributed by atoms with E-state index in [9.17, 15) is 0 Å². The smallest absolute Gasteiger partial charge is 0 e. The molecule has 0 N–H and O–H groups in total. The molecule has 0 aliphatic rings. The van der Waals surface area contributed by atoms with Crippen molar-refractivity contribution < 1.29 is 17.4 Å². The van der Waals surface area contributed by atoms with Crippen LogP contribution in [0.15, 0.2) is 60.7 Å². The monoisotopic (exact) mass is 233 g/mol. The Labute approximate surface area is 102 Å². The SMILES string of the molecule is [CH2-]C(c1ccccc1)c1ccccc1.[Cr]. The summed E-state index contributed by atoms with van der Waals surface area (Å²) < 4.78 is 0. The van der Waals surface area contributed by atoms with Crippen LogP contribution in [0.2, 0.25) is 0 Å². The minimum Gasteiger partial charge on any atom is -0.332 e. The van der Waals surface area contributed by atoms with Gasteiger partial charge in [-0.1, -0.05) is 71.8 Å². The molecule has 0 radical (unpaired) electrons. The molecule has 0 atom stereocenters. The van der Waals surface area contributed by atoms with Crippen LogP contribution in [0.25, 0.3) is 0 Å². The third-order valence-corrected chi connectivity index (χ3v) is 2.40. The summed E-state index contributed by atoms with van der Waals surface area (Å²) in [6.45, 7) is 4.18. The minimum atomic E-state index is 0. The molecule has 0 aromatic heterocycles. The molecule has 2 aromatic carbocycles. The zero-order valence-electron chi connectivity index (χ0n) is 8.47. The first kappa shape index (κ1) is 12.0. The van der Waals surface area contributed by atoms with Gasteiger partial charge in [0.25, 0.3) is 0 Å². The van der Waals surface area contributed by atoms with Crippen molar-refractivity contribution >= 4 is 0 Å². The van der Waals surface area contributed by atoms with Gasteiger partial charge in [-0.2, -0.15) is 0 Å². The Hall–Kier alpha value is -1.03. The minimum absolute atomic E-state index is 0. The Bertz CT molecular complexity index is 341. The zero-order valence-corrected chi connectivity index (χ0v) is 9.74. The zero-order chi connectivity index (χ0) is 9.80. The molecule has 0 aliphatic heterocycles. The quantitative estimate of drug-likeness (QED) is 0.694. The normalized spacial score (nSPS) is 9.73. The first-order valence-corrected chi connectivity index (χ1v) is 4.81. The fourth-order valence-electron chi connectivity index (χ4n) is 1.56. The summed E-state index contributed by atoms with van der Waals surface area (Å²) in [7, 11) is 0. The molecule has 0 bridgehead atoms. The van der Waals surface area contributed by atoms with Crippen molar-refractivity contribution in [3.8, 4) is 0 Å². The van der Waals surface area contributed by atoms with Gasteiger partial charge in [0.2, 0.25) is 0 Å². The summed E-state index contributed by atoms with van der Waals surface area (Å²) in [6, 6.07) is 20.7. The standard InChI is InChI=1S/C14H13.Cr/c1-12(13-8-4-2-5-9-13)14-10-6-3-7-11-14;/h2-12H,1H2;/q-1;. The van der Waals surface area contributed by atoms with E-state index in [1.54, 1.807) is 0 Å². The number of hydrogen-bond acceptors (Lipinski definition) is 0. The van der Waals surface area contributed by atoms with Gasteiger partial charge in [-0.3, -0.25) is 0 Å². The molecule has 0 nitrogen and oxygen atoms in total. The van der Waals surface area contributed by atoms with Crippen LogP contribution in [0.1, 0.15) is 17.0 Å². The van der Waals surface area contributed by atoms with Gasteiger partial charge in [0.15, 0.2) is 0 Å². The summed E-state index contributed by atoms with van der Waals surface area (Å²) in [5.74, 6) is 0.234. The fourth-order valence-corrected chi connectivity index (χ4v) is 1.56. The molecule has 15 heavy (non-hydrogen) atoms. The first-order valence-electron chi connectivity index (χ1n) is 4.81. The van der Waals surface area contributed by atoms with Gasteiger partial charge in [0.05, 0.1) is 0 Å². The van der Waals surface area contributed by atoms with Crippen LogP contribution in [0.3, 0.4) is 0 Å². The van der Waals surface area contributed by atoms with E-state index in [2.05, 4.69) is 55.5 Å². The largest absolute Gasteiger partial charge is 0.332 e.